The minimum absolute atomic E-state index is 0.685. The highest BCUT2D eigenvalue weighted by Gasteiger charge is 2.04. The van der Waals surface area contributed by atoms with Gasteiger partial charge < -0.3 is 10.5 Å². The van der Waals surface area contributed by atoms with E-state index < -0.39 is 0 Å². The molecule has 4 heteroatoms. The summed E-state index contributed by atoms with van der Waals surface area (Å²) in [6, 6.07) is 16.2. The van der Waals surface area contributed by atoms with E-state index in [1.807, 2.05) is 24.3 Å². The van der Waals surface area contributed by atoms with Crippen molar-refractivity contribution in [3.05, 3.63) is 54.1 Å². The molecule has 2 N–H and O–H groups in total. The van der Waals surface area contributed by atoms with Crippen LogP contribution in [0.25, 0.3) is 10.2 Å². The Hall–Kier alpha value is -2.07. The van der Waals surface area contributed by atoms with Crippen molar-refractivity contribution in [1.29, 1.82) is 0 Å². The monoisotopic (exact) mass is 284 g/mol. The van der Waals surface area contributed by atoms with Crippen molar-refractivity contribution < 1.29 is 4.74 Å². The minimum atomic E-state index is 0.685. The van der Waals surface area contributed by atoms with Gasteiger partial charge in [0.2, 0.25) is 0 Å². The van der Waals surface area contributed by atoms with Crippen LogP contribution in [0.3, 0.4) is 0 Å². The molecule has 0 bridgehead atoms. The fourth-order valence-electron chi connectivity index (χ4n) is 2.06. The number of hydrogen-bond acceptors (Lipinski definition) is 4. The largest absolute Gasteiger partial charge is 0.470 e. The van der Waals surface area contributed by atoms with Gasteiger partial charge in [-0.2, -0.15) is 0 Å². The first kappa shape index (κ1) is 12.9. The van der Waals surface area contributed by atoms with Crippen LogP contribution in [0.1, 0.15) is 12.0 Å². The van der Waals surface area contributed by atoms with Gasteiger partial charge in [0.05, 0.1) is 16.8 Å². The van der Waals surface area contributed by atoms with Gasteiger partial charge in [-0.1, -0.05) is 41.7 Å². The number of rotatable bonds is 5. The van der Waals surface area contributed by atoms with Gasteiger partial charge in [0, 0.05) is 5.69 Å². The van der Waals surface area contributed by atoms with Crippen LogP contribution < -0.4 is 10.5 Å². The normalized spacial score (nSPS) is 10.8. The Morgan fingerprint density at radius 3 is 2.80 bits per heavy atom. The van der Waals surface area contributed by atoms with Crippen molar-refractivity contribution in [3.63, 3.8) is 0 Å². The van der Waals surface area contributed by atoms with E-state index >= 15 is 0 Å². The van der Waals surface area contributed by atoms with Crippen LogP contribution in [0.5, 0.6) is 5.19 Å². The quantitative estimate of drug-likeness (QED) is 0.571. The molecule has 1 heterocycles. The SMILES string of the molecule is Nc1ccc2nc(OCCCc3ccccc3)sc2c1. The summed E-state index contributed by atoms with van der Waals surface area (Å²) in [4.78, 5) is 4.44. The maximum absolute atomic E-state index is 5.76. The Kier molecular flexibility index (Phi) is 3.83. The van der Waals surface area contributed by atoms with E-state index in [2.05, 4.69) is 29.2 Å². The molecule has 1 aromatic heterocycles. The topological polar surface area (TPSA) is 48.1 Å². The molecule has 0 aliphatic rings. The van der Waals surface area contributed by atoms with Crippen molar-refractivity contribution >= 4 is 27.2 Å². The molecule has 0 unspecified atom stereocenters. The predicted molar refractivity (Wildman–Crippen MR) is 84.3 cm³/mol. The highest BCUT2D eigenvalue weighted by Crippen LogP contribution is 2.29. The van der Waals surface area contributed by atoms with Gasteiger partial charge >= 0.3 is 0 Å². The fraction of sp³-hybridized carbons (Fsp3) is 0.188. The average molecular weight is 284 g/mol. The number of nitrogens with two attached hydrogens (primary N) is 1. The van der Waals surface area contributed by atoms with Gasteiger partial charge in [-0.05, 0) is 36.6 Å². The number of fused-ring (bicyclic) bond motifs is 1. The molecule has 102 valence electrons. The van der Waals surface area contributed by atoms with Crippen molar-refractivity contribution in [2.45, 2.75) is 12.8 Å². The average Bonchev–Trinajstić information content (AvgIpc) is 2.86. The predicted octanol–water partition coefficient (Wildman–Crippen LogP) is 3.89. The van der Waals surface area contributed by atoms with Crippen molar-refractivity contribution in [1.82, 2.24) is 4.98 Å². The zero-order chi connectivity index (χ0) is 13.8. The van der Waals surface area contributed by atoms with E-state index in [4.69, 9.17) is 10.5 Å². The number of hydrogen-bond donors (Lipinski definition) is 1. The third-order valence-electron chi connectivity index (χ3n) is 3.07. The van der Waals surface area contributed by atoms with Crippen LogP contribution in [0, 0.1) is 0 Å². The second-order valence-corrected chi connectivity index (χ2v) is 5.64. The number of thiazole rings is 1. The number of nitrogen functional groups attached to an aromatic ring is 1. The van der Waals surface area contributed by atoms with Crippen LogP contribution in [0.15, 0.2) is 48.5 Å². The van der Waals surface area contributed by atoms with Crippen LogP contribution >= 0.6 is 11.3 Å². The van der Waals surface area contributed by atoms with Gasteiger partial charge in [-0.25, -0.2) is 4.98 Å². The molecule has 0 atom stereocenters. The molecule has 0 amide bonds. The van der Waals surface area contributed by atoms with Gasteiger partial charge in [0.15, 0.2) is 0 Å². The van der Waals surface area contributed by atoms with Crippen LogP contribution in [0.4, 0.5) is 5.69 Å². The molecular weight excluding hydrogens is 268 g/mol. The molecule has 2 aromatic carbocycles. The summed E-state index contributed by atoms with van der Waals surface area (Å²) >= 11 is 1.54. The smallest absolute Gasteiger partial charge is 0.274 e. The Labute approximate surface area is 122 Å². The molecular formula is C16H16N2OS. The summed E-state index contributed by atoms with van der Waals surface area (Å²) in [6.45, 7) is 0.685. The lowest BCUT2D eigenvalue weighted by Gasteiger charge is -2.02. The first-order valence-electron chi connectivity index (χ1n) is 6.64. The summed E-state index contributed by atoms with van der Waals surface area (Å²) in [5.74, 6) is 0. The Morgan fingerprint density at radius 1 is 1.10 bits per heavy atom. The van der Waals surface area contributed by atoms with Crippen molar-refractivity contribution in [2.24, 2.45) is 0 Å². The molecule has 3 rings (SSSR count). The Bertz CT molecular complexity index is 694. The minimum Gasteiger partial charge on any atom is -0.470 e. The summed E-state index contributed by atoms with van der Waals surface area (Å²) in [5.41, 5.74) is 8.81. The first-order chi connectivity index (χ1) is 9.81. The third kappa shape index (κ3) is 3.08. The molecule has 0 fully saturated rings. The van der Waals surface area contributed by atoms with Gasteiger partial charge in [-0.15, -0.1) is 0 Å². The number of benzene rings is 2. The first-order valence-corrected chi connectivity index (χ1v) is 7.46. The van der Waals surface area contributed by atoms with E-state index in [-0.39, 0.29) is 0 Å². The molecule has 3 nitrogen and oxygen atoms in total. The zero-order valence-corrected chi connectivity index (χ0v) is 11.9. The molecule has 0 saturated heterocycles. The van der Waals surface area contributed by atoms with E-state index in [0.717, 1.165) is 33.9 Å². The lowest BCUT2D eigenvalue weighted by atomic mass is 10.1. The zero-order valence-electron chi connectivity index (χ0n) is 11.1. The van der Waals surface area contributed by atoms with Gasteiger partial charge in [0.25, 0.3) is 5.19 Å². The Balaban J connectivity index is 1.55. The second kappa shape index (κ2) is 5.92. The lowest BCUT2D eigenvalue weighted by molar-refractivity contribution is 0.310. The molecule has 0 saturated carbocycles. The van der Waals surface area contributed by atoms with Gasteiger partial charge in [0.1, 0.15) is 0 Å². The fourth-order valence-corrected chi connectivity index (χ4v) is 2.95. The van der Waals surface area contributed by atoms with E-state index in [1.165, 1.54) is 5.56 Å². The van der Waals surface area contributed by atoms with Crippen molar-refractivity contribution in [3.8, 4) is 5.19 Å². The highest BCUT2D eigenvalue weighted by atomic mass is 32.1. The maximum Gasteiger partial charge on any atom is 0.274 e. The van der Waals surface area contributed by atoms with Crippen LogP contribution in [-0.2, 0) is 6.42 Å². The molecule has 0 aliphatic heterocycles. The van der Waals surface area contributed by atoms with E-state index in [1.54, 1.807) is 11.3 Å². The summed E-state index contributed by atoms with van der Waals surface area (Å²) in [7, 11) is 0. The lowest BCUT2D eigenvalue weighted by Crippen LogP contribution is -1.98. The molecule has 0 aliphatic carbocycles. The highest BCUT2D eigenvalue weighted by molar-refractivity contribution is 7.20. The number of anilines is 1. The van der Waals surface area contributed by atoms with E-state index in [0.29, 0.717) is 6.61 Å². The summed E-state index contributed by atoms with van der Waals surface area (Å²) < 4.78 is 6.79. The molecule has 0 radical (unpaired) electrons. The third-order valence-corrected chi connectivity index (χ3v) is 4.00. The Morgan fingerprint density at radius 2 is 1.95 bits per heavy atom. The molecule has 20 heavy (non-hydrogen) atoms. The summed E-state index contributed by atoms with van der Waals surface area (Å²) in [6.07, 6.45) is 2.01. The van der Waals surface area contributed by atoms with Gasteiger partial charge in [-0.3, -0.25) is 0 Å². The number of aromatic nitrogens is 1. The summed E-state index contributed by atoms with van der Waals surface area (Å²) in [5, 5.41) is 0.721. The second-order valence-electron chi connectivity index (χ2n) is 4.64. The number of nitrogens with zero attached hydrogens (tertiary/aromatic N) is 1. The van der Waals surface area contributed by atoms with E-state index in [9.17, 15) is 0 Å². The standard InChI is InChI=1S/C16H16N2OS/c17-13-8-9-14-15(11-13)20-16(18-14)19-10-4-7-12-5-2-1-3-6-12/h1-3,5-6,8-9,11H,4,7,10,17H2. The van der Waals surface area contributed by atoms with Crippen molar-refractivity contribution in [2.75, 3.05) is 12.3 Å². The molecule has 0 spiro atoms. The van der Waals surface area contributed by atoms with Crippen LogP contribution in [-0.4, -0.2) is 11.6 Å². The molecule has 3 aromatic rings. The van der Waals surface area contributed by atoms with Crippen LogP contribution in [0.2, 0.25) is 0 Å². The number of ether oxygens (including phenoxy) is 1. The maximum atomic E-state index is 5.76. The number of aryl methyl sites for hydroxylation is 1.